The molecule has 8 N–H and O–H groups in total. The Hall–Kier alpha value is -0.890. The number of aliphatic hydroxyl groups is 7. The molecule has 11 nitrogen and oxygen atoms in total. The summed E-state index contributed by atoms with van der Waals surface area (Å²) in [5, 5.41) is 71.6. The van der Waals surface area contributed by atoms with Crippen LogP contribution in [-0.2, 0) is 14.3 Å². The summed E-state index contributed by atoms with van der Waals surface area (Å²) in [4.78, 5) is 11.6. The topological polar surface area (TPSA) is 189 Å². The van der Waals surface area contributed by atoms with Crippen LogP contribution in [0.2, 0.25) is 0 Å². The van der Waals surface area contributed by atoms with Gasteiger partial charge in [0, 0.05) is 6.92 Å². The lowest BCUT2D eigenvalue weighted by Crippen LogP contribution is -2.77. The standard InChI is InChI=1S/C14H24NO10/c1-5(18)15-14(4-24-6(2-16)9(20)12(14)23)13-11(22)10(21)8(19)7(3-17)25-13/h4,6-13,16-17,19-23H,2-3H2,1H3,(H,15,18)/t6-,7-,8+,9+,10+,11-,12+,13+,14+/m1/s1. The lowest BCUT2D eigenvalue weighted by molar-refractivity contribution is -0.273. The van der Waals surface area contributed by atoms with Gasteiger partial charge < -0.3 is 50.5 Å². The molecule has 1 radical (unpaired) electrons. The summed E-state index contributed by atoms with van der Waals surface area (Å²) in [6, 6.07) is 0. The highest BCUT2D eigenvalue weighted by molar-refractivity contribution is 5.74. The van der Waals surface area contributed by atoms with Gasteiger partial charge in [0.1, 0.15) is 61.0 Å². The molecule has 25 heavy (non-hydrogen) atoms. The van der Waals surface area contributed by atoms with Crippen molar-refractivity contribution < 1.29 is 50.0 Å². The van der Waals surface area contributed by atoms with Crippen molar-refractivity contribution in [1.82, 2.24) is 5.32 Å². The fourth-order valence-corrected chi connectivity index (χ4v) is 3.20. The van der Waals surface area contributed by atoms with Gasteiger partial charge in [-0.2, -0.15) is 0 Å². The van der Waals surface area contributed by atoms with Crippen LogP contribution in [0.25, 0.3) is 0 Å². The van der Waals surface area contributed by atoms with Gasteiger partial charge in [-0.05, 0) is 0 Å². The van der Waals surface area contributed by atoms with E-state index in [4.69, 9.17) is 14.6 Å². The van der Waals surface area contributed by atoms with E-state index < -0.39 is 73.5 Å². The monoisotopic (exact) mass is 366 g/mol. The highest BCUT2D eigenvalue weighted by Gasteiger charge is 2.61. The lowest BCUT2D eigenvalue weighted by atomic mass is 9.75. The largest absolute Gasteiger partial charge is 0.394 e. The predicted octanol–water partition coefficient (Wildman–Crippen LogP) is -5.02. The molecule has 0 bridgehead atoms. The molecule has 0 unspecified atom stereocenters. The molecule has 9 atom stereocenters. The predicted molar refractivity (Wildman–Crippen MR) is 78.6 cm³/mol. The van der Waals surface area contributed by atoms with Crippen LogP contribution in [-0.4, -0.2) is 109 Å². The molecule has 2 aliphatic rings. The van der Waals surface area contributed by atoms with E-state index in [0.29, 0.717) is 0 Å². The van der Waals surface area contributed by atoms with E-state index in [1.54, 1.807) is 0 Å². The van der Waals surface area contributed by atoms with Crippen LogP contribution in [0.5, 0.6) is 0 Å². The van der Waals surface area contributed by atoms with Crippen molar-refractivity contribution in [2.24, 2.45) is 0 Å². The molecule has 2 rings (SSSR count). The molecule has 11 heteroatoms. The smallest absolute Gasteiger partial charge is 0.217 e. The second kappa shape index (κ2) is 7.78. The van der Waals surface area contributed by atoms with E-state index in [1.807, 2.05) is 0 Å². The zero-order chi connectivity index (χ0) is 18.9. The number of ether oxygens (including phenoxy) is 2. The van der Waals surface area contributed by atoms with Gasteiger partial charge in [0.05, 0.1) is 13.2 Å². The Morgan fingerprint density at radius 3 is 2.12 bits per heavy atom. The Morgan fingerprint density at radius 1 is 1.00 bits per heavy atom. The van der Waals surface area contributed by atoms with Gasteiger partial charge in [-0.25, -0.2) is 0 Å². The highest BCUT2D eigenvalue weighted by atomic mass is 16.6. The number of carbonyl (C=O) groups excluding carboxylic acids is 1. The summed E-state index contributed by atoms with van der Waals surface area (Å²) in [5.74, 6) is -0.675. The van der Waals surface area contributed by atoms with Crippen molar-refractivity contribution in [3.8, 4) is 0 Å². The summed E-state index contributed by atoms with van der Waals surface area (Å²) < 4.78 is 10.6. The fraction of sp³-hybridized carbons (Fsp3) is 0.857. The normalized spacial score (nSPS) is 48.2. The Bertz CT molecular complexity index is 477. The van der Waals surface area contributed by atoms with Crippen LogP contribution in [0, 0.1) is 6.61 Å². The third-order valence-corrected chi connectivity index (χ3v) is 4.57. The zero-order valence-electron chi connectivity index (χ0n) is 13.5. The minimum Gasteiger partial charge on any atom is -0.394 e. The Balaban J connectivity index is 2.41. The minimum atomic E-state index is -2.01. The van der Waals surface area contributed by atoms with Crippen molar-refractivity contribution in [1.29, 1.82) is 0 Å². The number of carbonyl (C=O) groups is 1. The van der Waals surface area contributed by atoms with Crippen LogP contribution >= 0.6 is 0 Å². The second-order valence-corrected chi connectivity index (χ2v) is 6.27. The zero-order valence-corrected chi connectivity index (χ0v) is 13.5. The number of amides is 1. The first-order valence-corrected chi connectivity index (χ1v) is 7.75. The van der Waals surface area contributed by atoms with Crippen molar-refractivity contribution in [3.05, 3.63) is 6.61 Å². The van der Waals surface area contributed by atoms with Crippen LogP contribution < -0.4 is 5.32 Å². The van der Waals surface area contributed by atoms with Crippen molar-refractivity contribution in [2.45, 2.75) is 61.3 Å². The van der Waals surface area contributed by atoms with E-state index in [-0.39, 0.29) is 0 Å². The molecule has 2 fully saturated rings. The van der Waals surface area contributed by atoms with Crippen molar-refractivity contribution in [2.75, 3.05) is 13.2 Å². The highest BCUT2D eigenvalue weighted by Crippen LogP contribution is 2.37. The van der Waals surface area contributed by atoms with Gasteiger partial charge in [0.25, 0.3) is 0 Å². The fourth-order valence-electron chi connectivity index (χ4n) is 3.20. The minimum absolute atomic E-state index is 0.625. The van der Waals surface area contributed by atoms with E-state index in [9.17, 15) is 35.4 Å². The molecule has 0 aromatic heterocycles. The molecule has 0 aromatic carbocycles. The average Bonchev–Trinajstić information content (AvgIpc) is 2.57. The first-order chi connectivity index (χ1) is 11.7. The molecule has 145 valence electrons. The third kappa shape index (κ3) is 3.52. The molecular formula is C14H24NO10. The molecule has 2 aliphatic heterocycles. The third-order valence-electron chi connectivity index (χ3n) is 4.57. The van der Waals surface area contributed by atoms with E-state index in [1.165, 1.54) is 0 Å². The summed E-state index contributed by atoms with van der Waals surface area (Å²) in [6.07, 6.45) is -12.7. The van der Waals surface area contributed by atoms with Crippen molar-refractivity contribution >= 4 is 5.91 Å². The number of nitrogens with one attached hydrogen (secondary N) is 1. The lowest BCUT2D eigenvalue weighted by Gasteiger charge is -2.53. The Kier molecular flexibility index (Phi) is 6.35. The van der Waals surface area contributed by atoms with Gasteiger partial charge >= 0.3 is 0 Å². The molecule has 0 aliphatic carbocycles. The van der Waals surface area contributed by atoms with Gasteiger partial charge in [-0.1, -0.05) is 0 Å². The van der Waals surface area contributed by atoms with Gasteiger partial charge in [-0.3, -0.25) is 4.79 Å². The molecule has 1 amide bonds. The number of rotatable bonds is 4. The van der Waals surface area contributed by atoms with Crippen LogP contribution in [0.1, 0.15) is 6.92 Å². The van der Waals surface area contributed by atoms with Crippen LogP contribution in [0.3, 0.4) is 0 Å². The number of hydrogen-bond acceptors (Lipinski definition) is 10. The van der Waals surface area contributed by atoms with Gasteiger partial charge in [-0.15, -0.1) is 0 Å². The first kappa shape index (κ1) is 20.4. The molecule has 0 spiro atoms. The summed E-state index contributed by atoms with van der Waals surface area (Å²) in [6.45, 7) is 0.673. The average molecular weight is 366 g/mol. The maximum Gasteiger partial charge on any atom is 0.217 e. The molecule has 2 heterocycles. The maximum absolute atomic E-state index is 11.6. The van der Waals surface area contributed by atoms with Gasteiger partial charge in [0.15, 0.2) is 0 Å². The molecule has 0 aromatic rings. The van der Waals surface area contributed by atoms with E-state index >= 15 is 0 Å². The maximum atomic E-state index is 11.6. The number of aliphatic hydroxyl groups excluding tert-OH is 7. The number of hydrogen-bond donors (Lipinski definition) is 8. The summed E-state index contributed by atoms with van der Waals surface area (Å²) in [7, 11) is 0. The Morgan fingerprint density at radius 2 is 1.60 bits per heavy atom. The summed E-state index contributed by atoms with van der Waals surface area (Å²) in [5.41, 5.74) is -2.01. The van der Waals surface area contributed by atoms with Crippen molar-refractivity contribution in [3.63, 3.8) is 0 Å². The molecule has 2 saturated heterocycles. The quantitative estimate of drug-likeness (QED) is 0.239. The second-order valence-electron chi connectivity index (χ2n) is 6.27. The first-order valence-electron chi connectivity index (χ1n) is 7.75. The Labute approximate surface area is 143 Å². The molecule has 0 saturated carbocycles. The van der Waals surface area contributed by atoms with Gasteiger partial charge in [0.2, 0.25) is 5.91 Å². The van der Waals surface area contributed by atoms with Crippen LogP contribution in [0.4, 0.5) is 0 Å². The van der Waals surface area contributed by atoms with E-state index in [2.05, 4.69) is 5.32 Å². The SMILES string of the molecule is CC(=O)N[C@@]1([C@H]2O[C@H](CO)[C@H](O)[C@H](O)[C@H]2O)[CH]O[C@H](CO)[C@H](O)[C@@H]1O. The van der Waals surface area contributed by atoms with E-state index in [0.717, 1.165) is 13.5 Å². The molecular weight excluding hydrogens is 342 g/mol. The summed E-state index contributed by atoms with van der Waals surface area (Å²) >= 11 is 0. The van der Waals surface area contributed by atoms with Crippen LogP contribution in [0.15, 0.2) is 0 Å².